The molecule has 0 spiro atoms. The predicted octanol–water partition coefficient (Wildman–Crippen LogP) is 5.11. The van der Waals surface area contributed by atoms with Crippen molar-refractivity contribution < 1.29 is 17.9 Å². The SMILES string of the molecule is CCN(C(=O)c1ccc(S(=O)(=O)N(C)c2ccccc2OC)cc1)c1nc2c(C)cccc2s1. The quantitative estimate of drug-likeness (QED) is 0.356. The number of rotatable bonds is 7. The van der Waals surface area contributed by atoms with E-state index in [9.17, 15) is 13.2 Å². The van der Waals surface area contributed by atoms with E-state index in [1.54, 1.807) is 29.2 Å². The molecule has 1 amide bonds. The summed E-state index contributed by atoms with van der Waals surface area (Å²) < 4.78 is 33.9. The smallest absolute Gasteiger partial charge is 0.264 e. The summed E-state index contributed by atoms with van der Waals surface area (Å²) in [6.45, 7) is 4.32. The van der Waals surface area contributed by atoms with Crippen LogP contribution in [0.15, 0.2) is 71.6 Å². The third kappa shape index (κ3) is 4.24. The molecule has 176 valence electrons. The average molecular weight is 496 g/mol. The summed E-state index contributed by atoms with van der Waals surface area (Å²) >= 11 is 1.46. The van der Waals surface area contributed by atoms with E-state index >= 15 is 0 Å². The van der Waals surface area contributed by atoms with Crippen molar-refractivity contribution in [3.05, 3.63) is 77.9 Å². The summed E-state index contributed by atoms with van der Waals surface area (Å²) in [6.07, 6.45) is 0. The van der Waals surface area contributed by atoms with Crippen molar-refractivity contribution in [1.29, 1.82) is 0 Å². The number of nitrogens with zero attached hydrogens (tertiary/aromatic N) is 3. The second-order valence-electron chi connectivity index (χ2n) is 7.64. The van der Waals surface area contributed by atoms with E-state index in [-0.39, 0.29) is 10.8 Å². The number of thiazole rings is 1. The van der Waals surface area contributed by atoms with Gasteiger partial charge in [-0.25, -0.2) is 13.4 Å². The van der Waals surface area contributed by atoms with Crippen molar-refractivity contribution in [2.45, 2.75) is 18.7 Å². The van der Waals surface area contributed by atoms with Crippen LogP contribution < -0.4 is 13.9 Å². The first-order valence-corrected chi connectivity index (χ1v) is 12.9. The maximum Gasteiger partial charge on any atom is 0.264 e. The Morgan fingerprint density at radius 3 is 2.38 bits per heavy atom. The molecule has 0 unspecified atom stereocenters. The molecule has 0 aliphatic carbocycles. The van der Waals surface area contributed by atoms with Gasteiger partial charge in [0, 0.05) is 19.2 Å². The number of ether oxygens (including phenoxy) is 1. The van der Waals surface area contributed by atoms with Crippen molar-refractivity contribution in [3.63, 3.8) is 0 Å². The zero-order valence-corrected chi connectivity index (χ0v) is 21.0. The Morgan fingerprint density at radius 2 is 1.74 bits per heavy atom. The Kier molecular flexibility index (Phi) is 6.58. The van der Waals surface area contributed by atoms with Crippen LogP contribution >= 0.6 is 11.3 Å². The van der Waals surface area contributed by atoms with Crippen LogP contribution in [0.3, 0.4) is 0 Å². The predicted molar refractivity (Wildman–Crippen MR) is 137 cm³/mol. The minimum atomic E-state index is -3.85. The molecule has 1 aromatic heterocycles. The van der Waals surface area contributed by atoms with Crippen molar-refractivity contribution in [1.82, 2.24) is 4.98 Å². The van der Waals surface area contributed by atoms with Gasteiger partial charge in [0.25, 0.3) is 15.9 Å². The molecule has 0 aliphatic heterocycles. The maximum atomic E-state index is 13.3. The summed E-state index contributed by atoms with van der Waals surface area (Å²) in [5.74, 6) is 0.214. The van der Waals surface area contributed by atoms with E-state index in [0.717, 1.165) is 15.8 Å². The Morgan fingerprint density at radius 1 is 1.03 bits per heavy atom. The number of sulfonamides is 1. The van der Waals surface area contributed by atoms with E-state index in [2.05, 4.69) is 4.98 Å². The van der Waals surface area contributed by atoms with Crippen molar-refractivity contribution >= 4 is 48.3 Å². The first kappa shape index (κ1) is 23.7. The number of carbonyl (C=O) groups is 1. The third-order valence-electron chi connectivity index (χ3n) is 5.59. The van der Waals surface area contributed by atoms with Crippen molar-refractivity contribution in [2.24, 2.45) is 0 Å². The van der Waals surface area contributed by atoms with Crippen molar-refractivity contribution in [2.75, 3.05) is 29.9 Å². The molecule has 4 aromatic rings. The number of hydrogen-bond donors (Lipinski definition) is 0. The Bertz CT molecular complexity index is 1450. The molecule has 0 bridgehead atoms. The molecule has 0 atom stereocenters. The Labute approximate surface area is 203 Å². The molecule has 0 saturated carbocycles. The average Bonchev–Trinajstić information content (AvgIpc) is 3.29. The molecular weight excluding hydrogens is 470 g/mol. The van der Waals surface area contributed by atoms with Gasteiger partial charge in [0.05, 0.1) is 27.9 Å². The molecule has 0 aliphatic rings. The van der Waals surface area contributed by atoms with Gasteiger partial charge in [-0.15, -0.1) is 0 Å². The van der Waals surface area contributed by atoms with Crippen LogP contribution in [0, 0.1) is 6.92 Å². The number of anilines is 2. The molecule has 0 saturated heterocycles. The number of carbonyl (C=O) groups excluding carboxylic acids is 1. The normalized spacial score (nSPS) is 11.4. The van der Waals surface area contributed by atoms with Gasteiger partial charge in [-0.3, -0.25) is 14.0 Å². The highest BCUT2D eigenvalue weighted by Crippen LogP contribution is 2.33. The second kappa shape index (κ2) is 9.44. The van der Waals surface area contributed by atoms with Gasteiger partial charge in [-0.2, -0.15) is 0 Å². The van der Waals surface area contributed by atoms with E-state index in [1.165, 1.54) is 54.1 Å². The van der Waals surface area contributed by atoms with Gasteiger partial charge >= 0.3 is 0 Å². The van der Waals surface area contributed by atoms with Crippen LogP contribution in [0.5, 0.6) is 5.75 Å². The van der Waals surface area contributed by atoms with E-state index in [4.69, 9.17) is 4.74 Å². The minimum Gasteiger partial charge on any atom is -0.495 e. The first-order valence-electron chi connectivity index (χ1n) is 10.7. The van der Waals surface area contributed by atoms with Gasteiger partial charge in [0.1, 0.15) is 5.75 Å². The minimum absolute atomic E-state index is 0.0797. The number of para-hydroxylation sites is 3. The van der Waals surface area contributed by atoms with Crippen LogP contribution in [0.4, 0.5) is 10.8 Å². The number of benzene rings is 3. The molecule has 0 N–H and O–H groups in total. The molecule has 4 rings (SSSR count). The van der Waals surface area contributed by atoms with Crippen LogP contribution in [0.2, 0.25) is 0 Å². The topological polar surface area (TPSA) is 79.8 Å². The number of amides is 1. The molecule has 0 radical (unpaired) electrons. The van der Waals surface area contributed by atoms with Crippen molar-refractivity contribution in [3.8, 4) is 5.75 Å². The summed E-state index contributed by atoms with van der Waals surface area (Å²) in [5.41, 5.74) is 2.75. The Hall–Kier alpha value is -3.43. The lowest BCUT2D eigenvalue weighted by molar-refractivity contribution is 0.0988. The van der Waals surface area contributed by atoms with Gasteiger partial charge in [0.15, 0.2) is 5.13 Å². The van der Waals surface area contributed by atoms with E-state index < -0.39 is 10.0 Å². The number of methoxy groups -OCH3 is 1. The monoisotopic (exact) mass is 495 g/mol. The lowest BCUT2D eigenvalue weighted by Crippen LogP contribution is -2.30. The van der Waals surface area contributed by atoms with E-state index in [0.29, 0.717) is 28.7 Å². The third-order valence-corrected chi connectivity index (χ3v) is 8.42. The largest absolute Gasteiger partial charge is 0.495 e. The zero-order valence-electron chi connectivity index (χ0n) is 19.3. The standard InChI is InChI=1S/C25H25N3O4S2/c1-5-28(25-26-23-17(2)9-8-12-22(23)33-25)24(29)18-13-15-19(16-14-18)34(30,31)27(3)20-10-6-7-11-21(20)32-4/h6-16H,5H2,1-4H3. The van der Waals surface area contributed by atoms with Gasteiger partial charge < -0.3 is 4.74 Å². The lowest BCUT2D eigenvalue weighted by Gasteiger charge is -2.22. The fourth-order valence-electron chi connectivity index (χ4n) is 3.66. The molecule has 1 heterocycles. The lowest BCUT2D eigenvalue weighted by atomic mass is 10.2. The fourth-order valence-corrected chi connectivity index (χ4v) is 5.97. The number of aryl methyl sites for hydroxylation is 1. The van der Waals surface area contributed by atoms with Gasteiger partial charge in [-0.1, -0.05) is 35.6 Å². The molecule has 3 aromatic carbocycles. The molecule has 7 nitrogen and oxygen atoms in total. The van der Waals surface area contributed by atoms with Crippen LogP contribution in [-0.2, 0) is 10.0 Å². The fraction of sp³-hybridized carbons (Fsp3) is 0.200. The van der Waals surface area contributed by atoms with Gasteiger partial charge in [-0.05, 0) is 61.9 Å². The van der Waals surface area contributed by atoms with Gasteiger partial charge in [0.2, 0.25) is 0 Å². The van der Waals surface area contributed by atoms with E-state index in [1.807, 2.05) is 32.0 Å². The number of hydrogen-bond acceptors (Lipinski definition) is 6. The summed E-state index contributed by atoms with van der Waals surface area (Å²) in [6, 6.07) is 18.8. The van der Waals surface area contributed by atoms with Crippen LogP contribution in [-0.4, -0.2) is 40.0 Å². The van der Waals surface area contributed by atoms with Crippen LogP contribution in [0.25, 0.3) is 10.2 Å². The number of fused-ring (bicyclic) bond motifs is 1. The first-order chi connectivity index (χ1) is 16.3. The summed E-state index contributed by atoms with van der Waals surface area (Å²) in [5, 5.41) is 0.615. The maximum absolute atomic E-state index is 13.3. The zero-order chi connectivity index (χ0) is 24.5. The van der Waals surface area contributed by atoms with Crippen LogP contribution in [0.1, 0.15) is 22.8 Å². The highest BCUT2D eigenvalue weighted by Gasteiger charge is 2.25. The second-order valence-corrected chi connectivity index (χ2v) is 10.6. The molecule has 0 fully saturated rings. The summed E-state index contributed by atoms with van der Waals surface area (Å²) in [7, 11) is -0.885. The highest BCUT2D eigenvalue weighted by molar-refractivity contribution is 7.92. The molecular formula is C25H25N3O4S2. The Balaban J connectivity index is 1.61. The number of aromatic nitrogens is 1. The summed E-state index contributed by atoms with van der Waals surface area (Å²) in [4.78, 5) is 19.6. The highest BCUT2D eigenvalue weighted by atomic mass is 32.2. The molecule has 9 heteroatoms. The molecule has 34 heavy (non-hydrogen) atoms.